The van der Waals surface area contributed by atoms with E-state index in [9.17, 15) is 4.79 Å². The average Bonchev–Trinajstić information content (AvgIpc) is 2.53. The molecule has 0 aliphatic heterocycles. The lowest BCUT2D eigenvalue weighted by Gasteiger charge is -2.19. The second-order valence-corrected chi connectivity index (χ2v) is 6.87. The lowest BCUT2D eigenvalue weighted by atomic mass is 9.87. The van der Waals surface area contributed by atoms with Gasteiger partial charge in [0.1, 0.15) is 11.5 Å². The molecule has 0 unspecified atom stereocenters. The van der Waals surface area contributed by atoms with Gasteiger partial charge in [0.05, 0.1) is 12.1 Å². The van der Waals surface area contributed by atoms with Crippen molar-refractivity contribution < 1.29 is 14.3 Å². The molecule has 2 rings (SSSR count). The molecule has 0 atom stereocenters. The van der Waals surface area contributed by atoms with Gasteiger partial charge >= 0.3 is 0 Å². The first-order valence-electron chi connectivity index (χ1n) is 7.66. The Bertz CT molecular complexity index is 706. The first kappa shape index (κ1) is 18.1. The van der Waals surface area contributed by atoms with Gasteiger partial charge in [-0.2, -0.15) is 0 Å². The molecule has 4 nitrogen and oxygen atoms in total. The summed E-state index contributed by atoms with van der Waals surface area (Å²) in [5.74, 6) is 0.965. The van der Waals surface area contributed by atoms with E-state index in [0.29, 0.717) is 22.2 Å². The normalized spacial score (nSPS) is 11.0. The Morgan fingerprint density at radius 3 is 2.33 bits per heavy atom. The number of benzene rings is 2. The van der Waals surface area contributed by atoms with Crippen LogP contribution in [0.5, 0.6) is 11.5 Å². The predicted octanol–water partition coefficient (Wildman–Crippen LogP) is 4.66. The van der Waals surface area contributed by atoms with Crippen molar-refractivity contribution in [2.24, 2.45) is 0 Å². The van der Waals surface area contributed by atoms with Gasteiger partial charge in [-0.15, -0.1) is 0 Å². The second kappa shape index (κ2) is 7.58. The molecule has 0 spiro atoms. The third-order valence-corrected chi connectivity index (χ3v) is 3.82. The van der Waals surface area contributed by atoms with Crippen molar-refractivity contribution in [3.05, 3.63) is 53.1 Å². The van der Waals surface area contributed by atoms with Crippen LogP contribution in [-0.4, -0.2) is 19.6 Å². The standard InChI is InChI=1S/C19H22ClNO3/c1-19(2,3)13-5-8-15(9-6-13)24-12-18(22)21-14-7-10-17(23-4)16(20)11-14/h5-11H,12H2,1-4H3,(H,21,22). The third-order valence-electron chi connectivity index (χ3n) is 3.53. The molecule has 2 aromatic carbocycles. The number of ether oxygens (including phenoxy) is 2. The summed E-state index contributed by atoms with van der Waals surface area (Å²) in [4.78, 5) is 12.0. The number of methoxy groups -OCH3 is 1. The van der Waals surface area contributed by atoms with Gasteiger partial charge in [0.15, 0.2) is 6.61 Å². The van der Waals surface area contributed by atoms with Gasteiger partial charge in [-0.05, 0) is 41.3 Å². The van der Waals surface area contributed by atoms with Gasteiger partial charge in [0.25, 0.3) is 5.91 Å². The zero-order valence-electron chi connectivity index (χ0n) is 14.4. The smallest absolute Gasteiger partial charge is 0.262 e. The first-order chi connectivity index (χ1) is 11.3. The summed E-state index contributed by atoms with van der Waals surface area (Å²) in [6.07, 6.45) is 0. The fraction of sp³-hybridized carbons (Fsp3) is 0.316. The Labute approximate surface area is 147 Å². The van der Waals surface area contributed by atoms with Crippen molar-refractivity contribution in [1.29, 1.82) is 0 Å². The molecule has 0 bridgehead atoms. The van der Waals surface area contributed by atoms with E-state index in [0.717, 1.165) is 0 Å². The third kappa shape index (κ3) is 4.90. The minimum atomic E-state index is -0.254. The van der Waals surface area contributed by atoms with Crippen LogP contribution in [0, 0.1) is 0 Å². The lowest BCUT2D eigenvalue weighted by Crippen LogP contribution is -2.20. The maximum absolute atomic E-state index is 12.0. The summed E-state index contributed by atoms with van der Waals surface area (Å²) in [7, 11) is 1.54. The van der Waals surface area contributed by atoms with E-state index in [4.69, 9.17) is 21.1 Å². The van der Waals surface area contributed by atoms with Gasteiger partial charge in [0.2, 0.25) is 0 Å². The minimum absolute atomic E-state index is 0.0709. The highest BCUT2D eigenvalue weighted by Gasteiger charge is 2.13. The molecule has 2 aromatic rings. The molecule has 1 amide bonds. The topological polar surface area (TPSA) is 47.6 Å². The molecule has 1 N–H and O–H groups in total. The average molecular weight is 348 g/mol. The van der Waals surface area contributed by atoms with E-state index in [1.165, 1.54) is 12.7 Å². The first-order valence-corrected chi connectivity index (χ1v) is 8.04. The van der Waals surface area contributed by atoms with Crippen LogP contribution in [0.1, 0.15) is 26.3 Å². The number of anilines is 1. The molecule has 0 heterocycles. The number of hydrogen-bond donors (Lipinski definition) is 1. The molecule has 0 saturated carbocycles. The summed E-state index contributed by atoms with van der Waals surface area (Å²) in [5.41, 5.74) is 1.90. The van der Waals surface area contributed by atoms with Crippen LogP contribution in [0.2, 0.25) is 5.02 Å². The van der Waals surface area contributed by atoms with Crippen molar-refractivity contribution in [2.75, 3.05) is 19.0 Å². The zero-order valence-corrected chi connectivity index (χ0v) is 15.1. The molecule has 0 aliphatic rings. The van der Waals surface area contributed by atoms with Gasteiger partial charge in [0, 0.05) is 5.69 Å². The fourth-order valence-corrected chi connectivity index (χ4v) is 2.40. The quantitative estimate of drug-likeness (QED) is 0.855. The molecule has 0 saturated heterocycles. The van der Waals surface area contributed by atoms with E-state index < -0.39 is 0 Å². The minimum Gasteiger partial charge on any atom is -0.495 e. The van der Waals surface area contributed by atoms with Gasteiger partial charge < -0.3 is 14.8 Å². The van der Waals surface area contributed by atoms with Gasteiger partial charge in [-0.1, -0.05) is 44.5 Å². The zero-order chi connectivity index (χ0) is 17.7. The monoisotopic (exact) mass is 347 g/mol. The highest BCUT2D eigenvalue weighted by Crippen LogP contribution is 2.27. The van der Waals surface area contributed by atoms with Crippen molar-refractivity contribution >= 4 is 23.2 Å². The van der Waals surface area contributed by atoms with Crippen LogP contribution in [0.4, 0.5) is 5.69 Å². The number of carbonyl (C=O) groups is 1. The summed E-state index contributed by atoms with van der Waals surface area (Å²) < 4.78 is 10.6. The Morgan fingerprint density at radius 1 is 1.12 bits per heavy atom. The SMILES string of the molecule is COc1ccc(NC(=O)COc2ccc(C(C)(C)C)cc2)cc1Cl. The summed E-state index contributed by atoms with van der Waals surface area (Å²) in [6.45, 7) is 6.38. The number of rotatable bonds is 5. The number of halogens is 1. The van der Waals surface area contributed by atoms with Crippen LogP contribution in [0.3, 0.4) is 0 Å². The van der Waals surface area contributed by atoms with Gasteiger partial charge in [-0.3, -0.25) is 4.79 Å². The molecule has 0 aromatic heterocycles. The van der Waals surface area contributed by atoms with Crippen LogP contribution >= 0.6 is 11.6 Å². The van der Waals surface area contributed by atoms with Crippen molar-refractivity contribution in [1.82, 2.24) is 0 Å². The van der Waals surface area contributed by atoms with E-state index in [1.807, 2.05) is 24.3 Å². The maximum Gasteiger partial charge on any atom is 0.262 e. The lowest BCUT2D eigenvalue weighted by molar-refractivity contribution is -0.118. The summed E-state index contributed by atoms with van der Waals surface area (Å²) in [5, 5.41) is 3.17. The van der Waals surface area contributed by atoms with Crippen molar-refractivity contribution in [3.63, 3.8) is 0 Å². The molecular formula is C19H22ClNO3. The van der Waals surface area contributed by atoms with Crippen LogP contribution in [0.25, 0.3) is 0 Å². The van der Waals surface area contributed by atoms with Crippen molar-refractivity contribution in [2.45, 2.75) is 26.2 Å². The number of hydrogen-bond acceptors (Lipinski definition) is 3. The van der Waals surface area contributed by atoms with Crippen LogP contribution in [-0.2, 0) is 10.2 Å². The van der Waals surface area contributed by atoms with E-state index in [-0.39, 0.29) is 17.9 Å². The molecule has 0 fully saturated rings. The van der Waals surface area contributed by atoms with E-state index in [2.05, 4.69) is 26.1 Å². The molecule has 5 heteroatoms. The number of nitrogens with one attached hydrogen (secondary N) is 1. The highest BCUT2D eigenvalue weighted by molar-refractivity contribution is 6.32. The Kier molecular flexibility index (Phi) is 5.73. The molecule has 0 aliphatic carbocycles. The Balaban J connectivity index is 1.90. The van der Waals surface area contributed by atoms with Crippen LogP contribution in [0.15, 0.2) is 42.5 Å². The molecule has 24 heavy (non-hydrogen) atoms. The molecule has 128 valence electrons. The Hall–Kier alpha value is -2.20. The summed E-state index contributed by atoms with van der Waals surface area (Å²) >= 11 is 6.03. The highest BCUT2D eigenvalue weighted by atomic mass is 35.5. The van der Waals surface area contributed by atoms with E-state index >= 15 is 0 Å². The summed E-state index contributed by atoms with van der Waals surface area (Å²) in [6, 6.07) is 12.8. The van der Waals surface area contributed by atoms with Crippen LogP contribution < -0.4 is 14.8 Å². The van der Waals surface area contributed by atoms with Crippen molar-refractivity contribution in [3.8, 4) is 11.5 Å². The molecule has 0 radical (unpaired) electrons. The largest absolute Gasteiger partial charge is 0.495 e. The predicted molar refractivity (Wildman–Crippen MR) is 97.3 cm³/mol. The number of amides is 1. The second-order valence-electron chi connectivity index (χ2n) is 6.46. The van der Waals surface area contributed by atoms with E-state index in [1.54, 1.807) is 18.2 Å². The Morgan fingerprint density at radius 2 is 1.79 bits per heavy atom. The fourth-order valence-electron chi connectivity index (χ4n) is 2.14. The number of carbonyl (C=O) groups excluding carboxylic acids is 1. The van der Waals surface area contributed by atoms with Gasteiger partial charge in [-0.25, -0.2) is 0 Å². The maximum atomic E-state index is 12.0. The molecular weight excluding hydrogens is 326 g/mol.